The zero-order chi connectivity index (χ0) is 26.3. The van der Waals surface area contributed by atoms with Gasteiger partial charge in [0.1, 0.15) is 5.82 Å². The van der Waals surface area contributed by atoms with Gasteiger partial charge in [0.15, 0.2) is 11.5 Å². The molecule has 0 radical (unpaired) electrons. The molecule has 38 heavy (non-hydrogen) atoms. The van der Waals surface area contributed by atoms with Crippen LogP contribution < -0.4 is 25.0 Å². The lowest BCUT2D eigenvalue weighted by Crippen LogP contribution is -2.36. The highest BCUT2D eigenvalue weighted by Crippen LogP contribution is 2.42. The molecule has 3 heterocycles. The molecule has 4 aromatic rings. The number of hydrogen-bond donors (Lipinski definition) is 2. The first-order valence-corrected chi connectivity index (χ1v) is 12.2. The van der Waals surface area contributed by atoms with Crippen molar-refractivity contribution in [2.45, 2.75) is 13.2 Å². The number of urea groups is 1. The highest BCUT2D eigenvalue weighted by atomic mass is 19.3. The molecule has 1 fully saturated rings. The van der Waals surface area contributed by atoms with E-state index in [9.17, 15) is 13.6 Å². The van der Waals surface area contributed by atoms with Crippen molar-refractivity contribution < 1.29 is 27.8 Å². The molecular formula is C28H24F2N4O4. The Hall–Kier alpha value is -4.44. The van der Waals surface area contributed by atoms with Crippen LogP contribution in [-0.4, -0.2) is 43.6 Å². The number of aromatic nitrogens is 1. The Morgan fingerprint density at radius 3 is 2.42 bits per heavy atom. The van der Waals surface area contributed by atoms with Crippen molar-refractivity contribution in [1.29, 1.82) is 0 Å². The topological polar surface area (TPSA) is 85.0 Å². The van der Waals surface area contributed by atoms with Gasteiger partial charge in [0.05, 0.1) is 18.9 Å². The smallest absolute Gasteiger partial charge is 0.395 e. The maximum Gasteiger partial charge on any atom is 0.586 e. The fourth-order valence-corrected chi connectivity index (χ4v) is 4.76. The number of ether oxygens (including phenoxy) is 3. The maximum absolute atomic E-state index is 13.3. The largest absolute Gasteiger partial charge is 0.586 e. The Balaban J connectivity index is 1.24. The molecule has 0 spiro atoms. The number of nitrogens with one attached hydrogen (secondary N) is 2. The van der Waals surface area contributed by atoms with Gasteiger partial charge in [-0.25, -0.2) is 9.78 Å². The summed E-state index contributed by atoms with van der Waals surface area (Å²) in [5.41, 5.74) is 3.80. The SMILES string of the molecule is Cc1nc(N2CCOCC2)ccc1-c1ccc(NC(=O)Nc2ccc3c(c2)OC(F)(F)O3)c2ccccc12. The van der Waals surface area contributed by atoms with Gasteiger partial charge >= 0.3 is 12.3 Å². The van der Waals surface area contributed by atoms with Gasteiger partial charge in [0.25, 0.3) is 0 Å². The second kappa shape index (κ2) is 9.46. The summed E-state index contributed by atoms with van der Waals surface area (Å²) in [6, 6.07) is 19.2. The minimum absolute atomic E-state index is 0.0923. The summed E-state index contributed by atoms with van der Waals surface area (Å²) in [5.74, 6) is 0.692. The van der Waals surface area contributed by atoms with Gasteiger partial charge in [-0.15, -0.1) is 8.78 Å². The van der Waals surface area contributed by atoms with Gasteiger partial charge in [-0.3, -0.25) is 0 Å². The second-order valence-electron chi connectivity index (χ2n) is 9.02. The number of morpholine rings is 1. The van der Waals surface area contributed by atoms with Crippen LogP contribution in [0.3, 0.4) is 0 Å². The summed E-state index contributed by atoms with van der Waals surface area (Å²) < 4.78 is 40.9. The molecule has 2 N–H and O–H groups in total. The first-order valence-electron chi connectivity index (χ1n) is 12.2. The number of aryl methyl sites for hydroxylation is 1. The van der Waals surface area contributed by atoms with Gasteiger partial charge in [0, 0.05) is 41.5 Å². The van der Waals surface area contributed by atoms with E-state index in [0.717, 1.165) is 46.5 Å². The summed E-state index contributed by atoms with van der Waals surface area (Å²) in [6.45, 7) is 5.01. The zero-order valence-electron chi connectivity index (χ0n) is 20.5. The van der Waals surface area contributed by atoms with Crippen molar-refractivity contribution in [2.75, 3.05) is 41.8 Å². The lowest BCUT2D eigenvalue weighted by Gasteiger charge is -2.28. The van der Waals surface area contributed by atoms with Gasteiger partial charge < -0.3 is 29.7 Å². The molecule has 1 saturated heterocycles. The van der Waals surface area contributed by atoms with Crippen LogP contribution in [0.5, 0.6) is 11.5 Å². The van der Waals surface area contributed by atoms with Gasteiger partial charge in [-0.2, -0.15) is 0 Å². The average molecular weight is 519 g/mol. The van der Waals surface area contributed by atoms with Gasteiger partial charge in [-0.05, 0) is 48.2 Å². The molecular weight excluding hydrogens is 494 g/mol. The van der Waals surface area contributed by atoms with E-state index in [1.54, 1.807) is 0 Å². The molecule has 0 unspecified atom stereocenters. The Bertz CT molecular complexity index is 1540. The molecule has 2 amide bonds. The van der Waals surface area contributed by atoms with Crippen LogP contribution in [0.4, 0.5) is 30.8 Å². The highest BCUT2D eigenvalue weighted by molar-refractivity contribution is 6.10. The number of benzene rings is 3. The molecule has 0 saturated carbocycles. The van der Waals surface area contributed by atoms with E-state index in [0.29, 0.717) is 18.9 Å². The fourth-order valence-electron chi connectivity index (χ4n) is 4.76. The first kappa shape index (κ1) is 23.9. The molecule has 194 valence electrons. The Labute approximate surface area is 217 Å². The zero-order valence-corrected chi connectivity index (χ0v) is 20.5. The summed E-state index contributed by atoms with van der Waals surface area (Å²) >= 11 is 0. The van der Waals surface area contributed by atoms with Crippen LogP contribution in [0.15, 0.2) is 66.7 Å². The van der Waals surface area contributed by atoms with E-state index in [1.807, 2.05) is 49.4 Å². The average Bonchev–Trinajstić information content (AvgIpc) is 3.22. The number of carbonyl (C=O) groups is 1. The highest BCUT2D eigenvalue weighted by Gasteiger charge is 2.43. The van der Waals surface area contributed by atoms with Gasteiger partial charge in [0.2, 0.25) is 0 Å². The maximum atomic E-state index is 13.3. The van der Waals surface area contributed by atoms with Crippen molar-refractivity contribution in [2.24, 2.45) is 0 Å². The number of carbonyl (C=O) groups excluding carboxylic acids is 1. The third kappa shape index (κ3) is 4.66. The van der Waals surface area contributed by atoms with E-state index < -0.39 is 12.3 Å². The second-order valence-corrected chi connectivity index (χ2v) is 9.02. The van der Waals surface area contributed by atoms with Crippen molar-refractivity contribution in [3.8, 4) is 22.6 Å². The number of alkyl halides is 2. The summed E-state index contributed by atoms with van der Waals surface area (Å²) in [7, 11) is 0. The van der Waals surface area contributed by atoms with Crippen LogP contribution in [0.25, 0.3) is 21.9 Å². The number of hydrogen-bond acceptors (Lipinski definition) is 6. The molecule has 0 bridgehead atoms. The number of nitrogens with zero attached hydrogens (tertiary/aromatic N) is 2. The number of fused-ring (bicyclic) bond motifs is 2. The molecule has 0 aliphatic carbocycles. The predicted octanol–water partition coefficient (Wildman–Crippen LogP) is 6.01. The molecule has 8 nitrogen and oxygen atoms in total. The molecule has 6 rings (SSSR count). The number of amides is 2. The van der Waals surface area contributed by atoms with Crippen LogP contribution in [-0.2, 0) is 4.74 Å². The van der Waals surface area contributed by atoms with Crippen LogP contribution in [0.2, 0.25) is 0 Å². The van der Waals surface area contributed by atoms with E-state index in [-0.39, 0.29) is 17.2 Å². The number of rotatable bonds is 4. The normalized spacial score (nSPS) is 15.9. The van der Waals surface area contributed by atoms with Crippen molar-refractivity contribution in [1.82, 2.24) is 4.98 Å². The standard InChI is InChI=1S/C28H24F2N4O4/c1-17-19(8-11-26(31-17)34-12-14-36-15-13-34)21-7-9-23(22-5-3-2-4-20(21)22)33-27(35)32-18-6-10-24-25(16-18)38-28(29,30)37-24/h2-11,16H,12-15H2,1H3,(H2,32,33,35). The number of halogens is 2. The number of anilines is 3. The Morgan fingerprint density at radius 1 is 0.895 bits per heavy atom. The fraction of sp³-hybridized carbons (Fsp3) is 0.214. The summed E-state index contributed by atoms with van der Waals surface area (Å²) in [6.07, 6.45) is -3.72. The lowest BCUT2D eigenvalue weighted by atomic mass is 9.96. The lowest BCUT2D eigenvalue weighted by molar-refractivity contribution is -0.286. The molecule has 2 aliphatic heterocycles. The van der Waals surface area contributed by atoms with Crippen LogP contribution in [0, 0.1) is 6.92 Å². The minimum atomic E-state index is -3.72. The number of pyridine rings is 1. The van der Waals surface area contributed by atoms with Crippen molar-refractivity contribution in [3.63, 3.8) is 0 Å². The Kier molecular flexibility index (Phi) is 5.96. The molecule has 3 aromatic carbocycles. The van der Waals surface area contributed by atoms with Gasteiger partial charge in [-0.1, -0.05) is 30.3 Å². The predicted molar refractivity (Wildman–Crippen MR) is 140 cm³/mol. The molecule has 1 aromatic heterocycles. The van der Waals surface area contributed by atoms with E-state index in [4.69, 9.17) is 9.72 Å². The quantitative estimate of drug-likeness (QED) is 0.344. The molecule has 2 aliphatic rings. The molecule has 0 atom stereocenters. The summed E-state index contributed by atoms with van der Waals surface area (Å²) in [5, 5.41) is 7.32. The van der Waals surface area contributed by atoms with E-state index >= 15 is 0 Å². The minimum Gasteiger partial charge on any atom is -0.395 e. The van der Waals surface area contributed by atoms with Crippen molar-refractivity contribution in [3.05, 3.63) is 72.4 Å². The third-order valence-electron chi connectivity index (χ3n) is 6.53. The van der Waals surface area contributed by atoms with E-state index in [1.165, 1.54) is 18.2 Å². The first-order chi connectivity index (χ1) is 18.4. The van der Waals surface area contributed by atoms with E-state index in [2.05, 4.69) is 31.1 Å². The monoisotopic (exact) mass is 518 g/mol. The van der Waals surface area contributed by atoms with Crippen LogP contribution in [0.1, 0.15) is 5.69 Å². The Morgan fingerprint density at radius 2 is 1.63 bits per heavy atom. The molecule has 10 heteroatoms. The van der Waals surface area contributed by atoms with Crippen molar-refractivity contribution >= 4 is 34.0 Å². The summed E-state index contributed by atoms with van der Waals surface area (Å²) in [4.78, 5) is 19.9. The third-order valence-corrected chi connectivity index (χ3v) is 6.53. The van der Waals surface area contributed by atoms with Crippen LogP contribution >= 0.6 is 0 Å².